The number of aryl methyl sites for hydroxylation is 1. The largest absolute Gasteiger partial charge is 0.370 e. The second-order valence-electron chi connectivity index (χ2n) is 6.30. The summed E-state index contributed by atoms with van der Waals surface area (Å²) in [5.74, 6) is -1.10. The number of sulfone groups is 1. The Bertz CT molecular complexity index is 882. The number of carbonyl (C=O) groups excluding carboxylic acids is 1. The molecule has 2 rings (SSSR count). The Balaban J connectivity index is 1.98. The molecule has 0 bridgehead atoms. The van der Waals surface area contributed by atoms with Crippen molar-refractivity contribution in [3.05, 3.63) is 59.9 Å². The number of halogens is 1. The zero-order valence-corrected chi connectivity index (χ0v) is 16.6. The molecule has 1 N–H and O–H groups in total. The van der Waals surface area contributed by atoms with Gasteiger partial charge < -0.3 is 10.2 Å². The number of para-hydroxylation sites is 1. The van der Waals surface area contributed by atoms with Gasteiger partial charge >= 0.3 is 0 Å². The number of nitrogens with zero attached hydrogens (tertiary/aromatic N) is 1. The fraction of sp³-hybridized carbons (Fsp3) is 0.350. The van der Waals surface area contributed by atoms with E-state index in [4.69, 9.17) is 0 Å². The first-order chi connectivity index (χ1) is 12.8. The van der Waals surface area contributed by atoms with Gasteiger partial charge in [-0.2, -0.15) is 0 Å². The van der Waals surface area contributed by atoms with E-state index in [-0.39, 0.29) is 4.90 Å². The maximum Gasteiger partial charge on any atom is 0.238 e. The Hall–Kier alpha value is -2.41. The highest BCUT2D eigenvalue weighted by Gasteiger charge is 2.29. The van der Waals surface area contributed by atoms with E-state index in [1.807, 2.05) is 38.1 Å². The average molecular weight is 392 g/mol. The number of amides is 1. The van der Waals surface area contributed by atoms with E-state index in [0.717, 1.165) is 29.9 Å². The molecule has 0 heterocycles. The number of benzene rings is 2. The number of hydrogen-bond donors (Lipinski definition) is 1. The molecule has 0 aromatic heterocycles. The number of anilines is 1. The molecule has 2 aromatic rings. The lowest BCUT2D eigenvalue weighted by atomic mass is 10.2. The van der Waals surface area contributed by atoms with Crippen LogP contribution in [0.4, 0.5) is 10.1 Å². The van der Waals surface area contributed by atoms with Crippen molar-refractivity contribution in [1.82, 2.24) is 5.32 Å². The van der Waals surface area contributed by atoms with E-state index in [0.29, 0.717) is 13.1 Å². The molecule has 0 aliphatic carbocycles. The van der Waals surface area contributed by atoms with Crippen LogP contribution in [0.5, 0.6) is 0 Å². The van der Waals surface area contributed by atoms with Gasteiger partial charge in [-0.05, 0) is 56.7 Å². The molecular formula is C20H25FN2O3S. The molecule has 1 atom stereocenters. The van der Waals surface area contributed by atoms with Crippen LogP contribution in [-0.2, 0) is 14.6 Å². The van der Waals surface area contributed by atoms with Crippen LogP contribution in [0.15, 0.2) is 53.4 Å². The quantitative estimate of drug-likeness (QED) is 0.702. The first kappa shape index (κ1) is 20.9. The molecule has 0 fully saturated rings. The Morgan fingerprint density at radius 3 is 2.37 bits per heavy atom. The zero-order valence-electron chi connectivity index (χ0n) is 15.8. The van der Waals surface area contributed by atoms with E-state index in [2.05, 4.69) is 10.2 Å². The Morgan fingerprint density at radius 2 is 1.78 bits per heavy atom. The van der Waals surface area contributed by atoms with E-state index in [1.165, 1.54) is 19.1 Å². The topological polar surface area (TPSA) is 66.5 Å². The summed E-state index contributed by atoms with van der Waals surface area (Å²) in [6.45, 7) is 7.04. The summed E-state index contributed by atoms with van der Waals surface area (Å²) in [7, 11) is -3.86. The highest BCUT2D eigenvalue weighted by atomic mass is 32.2. The summed E-state index contributed by atoms with van der Waals surface area (Å²) >= 11 is 0. The highest BCUT2D eigenvalue weighted by molar-refractivity contribution is 7.92. The van der Waals surface area contributed by atoms with Crippen LogP contribution in [0.3, 0.4) is 0 Å². The standard InChI is InChI=1S/C20H25FN2O3S/c1-4-23(19-8-6-5-7-15(19)2)14-13-22-20(24)16(3)27(25,26)18-11-9-17(21)10-12-18/h5-12,16H,4,13-14H2,1-3H3,(H,22,24). The number of nitrogens with one attached hydrogen (secondary N) is 1. The van der Waals surface area contributed by atoms with Crippen LogP contribution >= 0.6 is 0 Å². The Kier molecular flexibility index (Phi) is 6.96. The molecule has 0 saturated heterocycles. The molecular weight excluding hydrogens is 367 g/mol. The third kappa shape index (κ3) is 5.07. The lowest BCUT2D eigenvalue weighted by Gasteiger charge is -2.25. The van der Waals surface area contributed by atoms with Crippen LogP contribution in [-0.4, -0.2) is 39.2 Å². The van der Waals surface area contributed by atoms with Crippen molar-refractivity contribution in [2.45, 2.75) is 30.9 Å². The van der Waals surface area contributed by atoms with E-state index < -0.39 is 26.8 Å². The van der Waals surface area contributed by atoms with Gasteiger partial charge in [0.1, 0.15) is 11.1 Å². The van der Waals surface area contributed by atoms with Gasteiger partial charge in [0, 0.05) is 25.3 Å². The molecule has 27 heavy (non-hydrogen) atoms. The lowest BCUT2D eigenvalue weighted by molar-refractivity contribution is -0.120. The molecule has 146 valence electrons. The van der Waals surface area contributed by atoms with Crippen molar-refractivity contribution >= 4 is 21.4 Å². The van der Waals surface area contributed by atoms with E-state index in [9.17, 15) is 17.6 Å². The van der Waals surface area contributed by atoms with Crippen molar-refractivity contribution in [3.8, 4) is 0 Å². The van der Waals surface area contributed by atoms with Crippen molar-refractivity contribution in [2.24, 2.45) is 0 Å². The minimum Gasteiger partial charge on any atom is -0.370 e. The molecule has 1 amide bonds. The SMILES string of the molecule is CCN(CCNC(=O)C(C)S(=O)(=O)c1ccc(F)cc1)c1ccccc1C. The lowest BCUT2D eigenvalue weighted by Crippen LogP contribution is -2.41. The minimum atomic E-state index is -3.86. The van der Waals surface area contributed by atoms with Crippen LogP contribution < -0.4 is 10.2 Å². The predicted octanol–water partition coefficient (Wildman–Crippen LogP) is 2.94. The van der Waals surface area contributed by atoms with Gasteiger partial charge in [0.25, 0.3) is 0 Å². The molecule has 0 radical (unpaired) electrons. The van der Waals surface area contributed by atoms with Gasteiger partial charge in [0.05, 0.1) is 4.90 Å². The third-order valence-electron chi connectivity index (χ3n) is 4.50. The average Bonchev–Trinajstić information content (AvgIpc) is 2.65. The van der Waals surface area contributed by atoms with E-state index >= 15 is 0 Å². The Morgan fingerprint density at radius 1 is 1.15 bits per heavy atom. The number of hydrogen-bond acceptors (Lipinski definition) is 4. The van der Waals surface area contributed by atoms with Crippen molar-refractivity contribution < 1.29 is 17.6 Å². The van der Waals surface area contributed by atoms with Crippen molar-refractivity contribution in [1.29, 1.82) is 0 Å². The molecule has 0 aliphatic heterocycles. The first-order valence-electron chi connectivity index (χ1n) is 8.85. The summed E-state index contributed by atoms with van der Waals surface area (Å²) in [6, 6.07) is 12.4. The summed E-state index contributed by atoms with van der Waals surface area (Å²) in [5, 5.41) is 1.44. The van der Waals surface area contributed by atoms with Gasteiger partial charge in [-0.25, -0.2) is 12.8 Å². The third-order valence-corrected chi connectivity index (χ3v) is 6.57. The predicted molar refractivity (Wildman–Crippen MR) is 105 cm³/mol. The highest BCUT2D eigenvalue weighted by Crippen LogP contribution is 2.19. The van der Waals surface area contributed by atoms with Gasteiger partial charge in [-0.3, -0.25) is 4.79 Å². The normalized spacial score (nSPS) is 12.4. The molecule has 2 aromatic carbocycles. The van der Waals surface area contributed by atoms with Crippen LogP contribution in [0, 0.1) is 12.7 Å². The molecule has 5 nitrogen and oxygen atoms in total. The summed E-state index contributed by atoms with van der Waals surface area (Å²) in [6.07, 6.45) is 0. The van der Waals surface area contributed by atoms with Crippen molar-refractivity contribution in [2.75, 3.05) is 24.5 Å². The molecule has 0 saturated carbocycles. The van der Waals surface area contributed by atoms with Crippen LogP contribution in [0.1, 0.15) is 19.4 Å². The Labute approximate surface area is 160 Å². The number of carbonyl (C=O) groups is 1. The molecule has 0 aliphatic rings. The second kappa shape index (κ2) is 8.99. The second-order valence-corrected chi connectivity index (χ2v) is 8.57. The maximum absolute atomic E-state index is 13.0. The number of rotatable bonds is 8. The van der Waals surface area contributed by atoms with Crippen molar-refractivity contribution in [3.63, 3.8) is 0 Å². The van der Waals surface area contributed by atoms with Crippen LogP contribution in [0.2, 0.25) is 0 Å². The smallest absolute Gasteiger partial charge is 0.238 e. The van der Waals surface area contributed by atoms with Gasteiger partial charge in [0.15, 0.2) is 9.84 Å². The minimum absolute atomic E-state index is 0.0679. The molecule has 7 heteroatoms. The molecule has 1 unspecified atom stereocenters. The van der Waals surface area contributed by atoms with Crippen LogP contribution in [0.25, 0.3) is 0 Å². The summed E-state index contributed by atoms with van der Waals surface area (Å²) in [5.41, 5.74) is 2.22. The van der Waals surface area contributed by atoms with Gasteiger partial charge in [-0.15, -0.1) is 0 Å². The monoisotopic (exact) mass is 392 g/mol. The summed E-state index contributed by atoms with van der Waals surface area (Å²) < 4.78 is 38.0. The maximum atomic E-state index is 13.0. The fourth-order valence-electron chi connectivity index (χ4n) is 2.79. The first-order valence-corrected chi connectivity index (χ1v) is 10.4. The zero-order chi connectivity index (χ0) is 20.0. The molecule has 0 spiro atoms. The van der Waals surface area contributed by atoms with E-state index in [1.54, 1.807) is 0 Å². The fourth-order valence-corrected chi connectivity index (χ4v) is 4.08. The van der Waals surface area contributed by atoms with Gasteiger partial charge in [0.2, 0.25) is 5.91 Å². The number of likely N-dealkylation sites (N-methyl/N-ethyl adjacent to an activating group) is 1. The van der Waals surface area contributed by atoms with Gasteiger partial charge in [-0.1, -0.05) is 18.2 Å². The summed E-state index contributed by atoms with van der Waals surface area (Å²) in [4.78, 5) is 14.4.